The van der Waals surface area contributed by atoms with Gasteiger partial charge in [0, 0.05) is 0 Å². The molecule has 0 N–H and O–H groups in total. The van der Waals surface area contributed by atoms with Gasteiger partial charge in [-0.25, -0.2) is 0 Å². The molecule has 7 heavy (non-hydrogen) atoms. The molecule has 0 fully saturated rings. The fourth-order valence-corrected chi connectivity index (χ4v) is 3.03. The highest BCUT2D eigenvalue weighted by atomic mass is 35.7. The number of halogens is 2. The topological polar surface area (TPSA) is 34.1 Å². The minimum absolute atomic E-state index is 0.0895. The van der Waals surface area contributed by atoms with Gasteiger partial charge in [0.15, 0.2) is 0 Å². The Balaban J connectivity index is 3.32. The lowest BCUT2D eigenvalue weighted by Gasteiger charge is -1.50. The lowest BCUT2D eigenvalue weighted by atomic mass is 11.9. The van der Waals surface area contributed by atoms with Crippen LogP contribution in [0.2, 0.25) is 0 Å². The van der Waals surface area contributed by atoms with Crippen LogP contribution >= 0.6 is 36.8 Å². The summed E-state index contributed by atoms with van der Waals surface area (Å²) in [4.78, 5) is 0. The first kappa shape index (κ1) is 7.78. The first-order chi connectivity index (χ1) is 3.13. The second-order valence-corrected chi connectivity index (χ2v) is 5.44. The molecule has 0 aromatic rings. The van der Waals surface area contributed by atoms with Gasteiger partial charge in [-0.05, 0) is 9.13 Å². The summed E-state index contributed by atoms with van der Waals surface area (Å²) in [6.07, 6.45) is 0. The van der Waals surface area contributed by atoms with Crippen molar-refractivity contribution in [1.82, 2.24) is 0 Å². The molecule has 0 aliphatic rings. The minimum Gasteiger partial charge on any atom is -0.0466 e. The van der Waals surface area contributed by atoms with Crippen LogP contribution in [0.5, 0.6) is 0 Å². The van der Waals surface area contributed by atoms with E-state index >= 15 is 0 Å². The Morgan fingerprint density at radius 2 is 1.43 bits per heavy atom. The van der Waals surface area contributed by atoms with E-state index in [9.17, 15) is 9.13 Å². The zero-order valence-electron chi connectivity index (χ0n) is 3.17. The molecule has 0 bridgehead atoms. The van der Waals surface area contributed by atoms with Crippen LogP contribution < -0.4 is 0 Å². The molecule has 2 unspecified atom stereocenters. The van der Waals surface area contributed by atoms with Crippen molar-refractivity contribution < 1.29 is 9.13 Å². The lowest BCUT2D eigenvalue weighted by Crippen LogP contribution is -1.50. The van der Waals surface area contributed by atoms with Crippen molar-refractivity contribution in [3.63, 3.8) is 0 Å². The van der Waals surface area contributed by atoms with Crippen molar-refractivity contribution >= 4 is 36.8 Å². The third-order valence-corrected chi connectivity index (χ3v) is 3.93. The molecule has 0 heterocycles. The highest BCUT2D eigenvalue weighted by Gasteiger charge is 2.27. The van der Waals surface area contributed by atoms with Gasteiger partial charge in [0.2, 0.25) is 22.5 Å². The molecule has 0 aromatic carbocycles. The van der Waals surface area contributed by atoms with Crippen LogP contribution in [0, 0.1) is 0 Å². The van der Waals surface area contributed by atoms with Crippen molar-refractivity contribution in [3.05, 3.63) is 0 Å². The van der Waals surface area contributed by atoms with Gasteiger partial charge in [0.05, 0.1) is 0 Å². The van der Waals surface area contributed by atoms with E-state index in [4.69, 9.17) is 22.5 Å². The predicted octanol–water partition coefficient (Wildman–Crippen LogP) is 2.91. The van der Waals surface area contributed by atoms with Gasteiger partial charge < -0.3 is 0 Å². The van der Waals surface area contributed by atoms with Crippen LogP contribution in [0.15, 0.2) is 0 Å². The monoisotopic (exact) mass is 178 g/mol. The van der Waals surface area contributed by atoms with Crippen LogP contribution in [0.3, 0.4) is 0 Å². The third kappa shape index (κ3) is 6.78. The summed E-state index contributed by atoms with van der Waals surface area (Å²) in [6, 6.07) is 0. The van der Waals surface area contributed by atoms with Crippen LogP contribution in [-0.2, 0) is 9.13 Å². The first-order valence-electron chi connectivity index (χ1n) is 1.34. The van der Waals surface area contributed by atoms with Crippen molar-refractivity contribution in [2.45, 2.75) is 0 Å². The van der Waals surface area contributed by atoms with Crippen LogP contribution in [0.4, 0.5) is 0 Å². The van der Waals surface area contributed by atoms with E-state index in [1.807, 2.05) is 0 Å². The molecule has 0 rings (SSSR count). The van der Waals surface area contributed by atoms with Gasteiger partial charge in [0.1, 0.15) is 0 Å². The van der Waals surface area contributed by atoms with Crippen LogP contribution in [0.25, 0.3) is 0 Å². The zero-order valence-corrected chi connectivity index (χ0v) is 6.47. The average molecular weight is 179 g/mol. The Labute approximate surface area is 52.3 Å². The third-order valence-electron chi connectivity index (χ3n) is 0.222. The van der Waals surface area contributed by atoms with Crippen LogP contribution in [0.1, 0.15) is 0 Å². The smallest absolute Gasteiger partial charge is 0.0466 e. The second kappa shape index (κ2) is 3.74. The van der Waals surface area contributed by atoms with Gasteiger partial charge in [0.25, 0.3) is 0 Å². The van der Waals surface area contributed by atoms with E-state index in [1.165, 1.54) is 0 Å². The Hall–Kier alpha value is 0.780. The quantitative estimate of drug-likeness (QED) is 0.610. The summed E-state index contributed by atoms with van der Waals surface area (Å²) >= 11 is 9.83. The van der Waals surface area contributed by atoms with Gasteiger partial charge in [-0.1, -0.05) is 0 Å². The average Bonchev–Trinajstić information content (AvgIpc) is 1.27. The predicted molar refractivity (Wildman–Crippen MR) is 31.8 cm³/mol. The SMILES string of the molecule is O=[P+](Cl)C[P+](=O)Cl. The van der Waals surface area contributed by atoms with Gasteiger partial charge in [-0.3, -0.25) is 0 Å². The van der Waals surface area contributed by atoms with Crippen molar-refractivity contribution in [1.29, 1.82) is 0 Å². The molecule has 0 aliphatic heterocycles. The zero-order chi connectivity index (χ0) is 5.86. The second-order valence-electron chi connectivity index (χ2n) is 0.777. The molecule has 2 atom stereocenters. The molecule has 40 valence electrons. The first-order valence-corrected chi connectivity index (χ1v) is 6.04. The highest BCUT2D eigenvalue weighted by Crippen LogP contribution is 2.41. The molecule has 0 amide bonds. The lowest BCUT2D eigenvalue weighted by molar-refractivity contribution is 0.592. The normalized spacial score (nSPS) is 13.4. The molecule has 0 saturated carbocycles. The van der Waals surface area contributed by atoms with Gasteiger partial charge >= 0.3 is 20.2 Å². The number of hydrogen-bond acceptors (Lipinski definition) is 2. The van der Waals surface area contributed by atoms with E-state index in [0.29, 0.717) is 0 Å². The largest absolute Gasteiger partial charge is 0.508 e. The van der Waals surface area contributed by atoms with E-state index in [1.54, 1.807) is 0 Å². The molecule has 0 saturated heterocycles. The van der Waals surface area contributed by atoms with Crippen molar-refractivity contribution in [2.75, 3.05) is 5.90 Å². The summed E-state index contributed by atoms with van der Waals surface area (Å²) in [5.41, 5.74) is 0. The van der Waals surface area contributed by atoms with Gasteiger partial charge in [-0.2, -0.15) is 0 Å². The van der Waals surface area contributed by atoms with Crippen LogP contribution in [-0.4, -0.2) is 5.90 Å². The molecule has 0 radical (unpaired) electrons. The molecular formula is CH2Cl2O2P2+2. The Morgan fingerprint density at radius 3 is 1.43 bits per heavy atom. The summed E-state index contributed by atoms with van der Waals surface area (Å²) in [5.74, 6) is -0.0895. The van der Waals surface area contributed by atoms with E-state index < -0.39 is 14.3 Å². The van der Waals surface area contributed by atoms with E-state index in [2.05, 4.69) is 0 Å². The van der Waals surface area contributed by atoms with E-state index in [0.717, 1.165) is 0 Å². The highest BCUT2D eigenvalue weighted by molar-refractivity contribution is 7.88. The summed E-state index contributed by atoms with van der Waals surface area (Å²) in [5, 5.41) is 0. The van der Waals surface area contributed by atoms with E-state index in [-0.39, 0.29) is 5.90 Å². The molecule has 6 heteroatoms. The standard InChI is InChI=1S/CH2Cl2O2P2/c2-6(4)1-7(3)5/h1H2/q+2. The Morgan fingerprint density at radius 1 is 1.14 bits per heavy atom. The molecule has 2 nitrogen and oxygen atoms in total. The molecule has 0 spiro atoms. The summed E-state index contributed by atoms with van der Waals surface area (Å²) in [6.45, 7) is 0. The molecular weight excluding hydrogens is 177 g/mol. The maximum Gasteiger partial charge on any atom is 0.508 e. The van der Waals surface area contributed by atoms with Crippen molar-refractivity contribution in [3.8, 4) is 0 Å². The Kier molecular flexibility index (Phi) is 4.16. The van der Waals surface area contributed by atoms with Gasteiger partial charge in [-0.15, -0.1) is 0 Å². The maximum absolute atomic E-state index is 9.90. The van der Waals surface area contributed by atoms with Crippen molar-refractivity contribution in [2.24, 2.45) is 0 Å². The number of rotatable bonds is 2. The summed E-state index contributed by atoms with van der Waals surface area (Å²) in [7, 11) is -3.67. The Bertz CT molecular complexity index is 89.9. The molecule has 0 aliphatic carbocycles. The summed E-state index contributed by atoms with van der Waals surface area (Å²) < 4.78 is 19.8. The molecule has 0 aromatic heterocycles. The fourth-order valence-electron chi connectivity index (χ4n) is 0.0874. The minimum atomic E-state index is -1.83. The number of hydrogen-bond donors (Lipinski definition) is 0. The maximum atomic E-state index is 9.90. The fraction of sp³-hybridized carbons (Fsp3) is 1.00.